The van der Waals surface area contributed by atoms with Gasteiger partial charge in [0.2, 0.25) is 0 Å². The molecule has 0 fully saturated rings. The molecule has 0 radical (unpaired) electrons. The molecule has 0 bridgehead atoms. The SMILES string of the molecule is CCOC(=O)c1ccc(NC(=O)NC(CC(C)C)C(=O)OC)cc1. The summed E-state index contributed by atoms with van der Waals surface area (Å²) in [7, 11) is 1.28. The summed E-state index contributed by atoms with van der Waals surface area (Å²) in [4.78, 5) is 35.3. The second-order valence-corrected chi connectivity index (χ2v) is 5.60. The molecule has 1 atom stereocenters. The number of carbonyl (C=O) groups is 3. The van der Waals surface area contributed by atoms with Crippen LogP contribution in [0.25, 0.3) is 0 Å². The van der Waals surface area contributed by atoms with Crippen molar-refractivity contribution in [3.05, 3.63) is 29.8 Å². The highest BCUT2D eigenvalue weighted by molar-refractivity contribution is 5.94. The Morgan fingerprint density at radius 2 is 1.75 bits per heavy atom. The van der Waals surface area contributed by atoms with Crippen molar-refractivity contribution in [2.75, 3.05) is 19.0 Å². The molecule has 0 aromatic heterocycles. The van der Waals surface area contributed by atoms with Crippen molar-refractivity contribution in [2.45, 2.75) is 33.2 Å². The lowest BCUT2D eigenvalue weighted by molar-refractivity contribution is -0.143. The van der Waals surface area contributed by atoms with Gasteiger partial charge in [0.05, 0.1) is 19.3 Å². The number of rotatable bonds is 7. The highest BCUT2D eigenvalue weighted by atomic mass is 16.5. The largest absolute Gasteiger partial charge is 0.467 e. The van der Waals surface area contributed by atoms with Crippen LogP contribution in [0.1, 0.15) is 37.6 Å². The molecular formula is C17H24N2O5. The van der Waals surface area contributed by atoms with Gasteiger partial charge in [0, 0.05) is 5.69 Å². The van der Waals surface area contributed by atoms with E-state index in [4.69, 9.17) is 9.47 Å². The van der Waals surface area contributed by atoms with Crippen LogP contribution in [0.15, 0.2) is 24.3 Å². The normalized spacial score (nSPS) is 11.5. The quantitative estimate of drug-likeness (QED) is 0.746. The molecule has 24 heavy (non-hydrogen) atoms. The predicted octanol–water partition coefficient (Wildman–Crippen LogP) is 2.57. The van der Waals surface area contributed by atoms with E-state index in [0.29, 0.717) is 24.3 Å². The van der Waals surface area contributed by atoms with E-state index in [1.54, 1.807) is 31.2 Å². The van der Waals surface area contributed by atoms with Gasteiger partial charge >= 0.3 is 18.0 Å². The first-order valence-corrected chi connectivity index (χ1v) is 7.79. The maximum Gasteiger partial charge on any atom is 0.338 e. The molecule has 0 aliphatic heterocycles. The average Bonchev–Trinajstić information content (AvgIpc) is 2.53. The van der Waals surface area contributed by atoms with Crippen LogP contribution in [-0.4, -0.2) is 37.7 Å². The monoisotopic (exact) mass is 336 g/mol. The molecule has 2 amide bonds. The number of anilines is 1. The second-order valence-electron chi connectivity index (χ2n) is 5.60. The van der Waals surface area contributed by atoms with Gasteiger partial charge in [-0.05, 0) is 43.5 Å². The number of amides is 2. The number of methoxy groups -OCH3 is 1. The number of hydrogen-bond acceptors (Lipinski definition) is 5. The Bertz CT molecular complexity index is 569. The fourth-order valence-corrected chi connectivity index (χ4v) is 2.06. The van der Waals surface area contributed by atoms with Crippen LogP contribution in [0, 0.1) is 5.92 Å². The Labute approximate surface area is 141 Å². The van der Waals surface area contributed by atoms with Crippen molar-refractivity contribution in [1.29, 1.82) is 0 Å². The minimum Gasteiger partial charge on any atom is -0.467 e. The second kappa shape index (κ2) is 9.54. The summed E-state index contributed by atoms with van der Waals surface area (Å²) < 4.78 is 9.58. The topological polar surface area (TPSA) is 93.7 Å². The van der Waals surface area contributed by atoms with E-state index in [2.05, 4.69) is 10.6 Å². The van der Waals surface area contributed by atoms with E-state index in [1.807, 2.05) is 13.8 Å². The standard InChI is InChI=1S/C17H24N2O5/c1-5-24-15(20)12-6-8-13(9-7-12)18-17(22)19-14(10-11(2)3)16(21)23-4/h6-9,11,14H,5,10H2,1-4H3,(H2,18,19,22). The predicted molar refractivity (Wildman–Crippen MR) is 89.8 cm³/mol. The lowest BCUT2D eigenvalue weighted by atomic mass is 10.0. The fourth-order valence-electron chi connectivity index (χ4n) is 2.06. The molecule has 0 aliphatic carbocycles. The third kappa shape index (κ3) is 6.28. The van der Waals surface area contributed by atoms with Crippen LogP contribution in [-0.2, 0) is 14.3 Å². The number of hydrogen-bond donors (Lipinski definition) is 2. The Hall–Kier alpha value is -2.57. The van der Waals surface area contributed by atoms with Crippen LogP contribution in [0.2, 0.25) is 0 Å². The van der Waals surface area contributed by atoms with E-state index in [0.717, 1.165) is 0 Å². The third-order valence-electron chi connectivity index (χ3n) is 3.15. The van der Waals surface area contributed by atoms with Crippen LogP contribution in [0.5, 0.6) is 0 Å². The molecule has 2 N–H and O–H groups in total. The first-order chi connectivity index (χ1) is 11.4. The van der Waals surface area contributed by atoms with Gasteiger partial charge in [-0.1, -0.05) is 13.8 Å². The maximum absolute atomic E-state index is 12.0. The van der Waals surface area contributed by atoms with Crippen molar-refractivity contribution >= 4 is 23.7 Å². The zero-order valence-corrected chi connectivity index (χ0v) is 14.4. The first kappa shape index (κ1) is 19.5. The van der Waals surface area contributed by atoms with Crippen molar-refractivity contribution in [1.82, 2.24) is 5.32 Å². The van der Waals surface area contributed by atoms with Gasteiger partial charge in [-0.25, -0.2) is 14.4 Å². The summed E-state index contributed by atoms with van der Waals surface area (Å²) in [6.07, 6.45) is 0.474. The Morgan fingerprint density at radius 3 is 2.25 bits per heavy atom. The van der Waals surface area contributed by atoms with Crippen LogP contribution >= 0.6 is 0 Å². The molecule has 7 nitrogen and oxygen atoms in total. The summed E-state index contributed by atoms with van der Waals surface area (Å²) >= 11 is 0. The lowest BCUT2D eigenvalue weighted by Gasteiger charge is -2.18. The number of nitrogens with one attached hydrogen (secondary N) is 2. The van der Waals surface area contributed by atoms with Gasteiger partial charge < -0.3 is 20.1 Å². The van der Waals surface area contributed by atoms with Gasteiger partial charge in [0.1, 0.15) is 6.04 Å². The highest BCUT2D eigenvalue weighted by Gasteiger charge is 2.22. The number of ether oxygens (including phenoxy) is 2. The Balaban J connectivity index is 2.65. The van der Waals surface area contributed by atoms with Crippen LogP contribution < -0.4 is 10.6 Å². The molecule has 7 heteroatoms. The number of urea groups is 1. The molecule has 0 saturated carbocycles. The third-order valence-corrected chi connectivity index (χ3v) is 3.15. The molecule has 1 rings (SSSR count). The van der Waals surface area contributed by atoms with E-state index in [1.165, 1.54) is 7.11 Å². The van der Waals surface area contributed by atoms with E-state index >= 15 is 0 Å². The van der Waals surface area contributed by atoms with Crippen LogP contribution in [0.4, 0.5) is 10.5 Å². The van der Waals surface area contributed by atoms with E-state index < -0.39 is 24.0 Å². The molecular weight excluding hydrogens is 312 g/mol. The van der Waals surface area contributed by atoms with Gasteiger partial charge in [0.15, 0.2) is 0 Å². The summed E-state index contributed by atoms with van der Waals surface area (Å²) in [6, 6.07) is 5.05. The Morgan fingerprint density at radius 1 is 1.12 bits per heavy atom. The van der Waals surface area contributed by atoms with Crippen LogP contribution in [0.3, 0.4) is 0 Å². The lowest BCUT2D eigenvalue weighted by Crippen LogP contribution is -2.44. The minimum absolute atomic E-state index is 0.221. The number of esters is 2. The fraction of sp³-hybridized carbons (Fsp3) is 0.471. The molecule has 0 saturated heterocycles. The zero-order valence-electron chi connectivity index (χ0n) is 14.4. The molecule has 1 aromatic carbocycles. The van der Waals surface area contributed by atoms with Crippen molar-refractivity contribution in [2.24, 2.45) is 5.92 Å². The molecule has 0 heterocycles. The molecule has 132 valence electrons. The summed E-state index contributed by atoms with van der Waals surface area (Å²) in [5.74, 6) is -0.689. The first-order valence-electron chi connectivity index (χ1n) is 7.79. The minimum atomic E-state index is -0.714. The van der Waals surface area contributed by atoms with Gasteiger partial charge in [-0.15, -0.1) is 0 Å². The Kier molecular flexibility index (Phi) is 7.74. The highest BCUT2D eigenvalue weighted by Crippen LogP contribution is 2.11. The van der Waals surface area contributed by atoms with E-state index in [9.17, 15) is 14.4 Å². The molecule has 1 unspecified atom stereocenters. The summed E-state index contributed by atoms with van der Waals surface area (Å²) in [5.41, 5.74) is 0.892. The molecule has 0 spiro atoms. The van der Waals surface area contributed by atoms with Gasteiger partial charge in [-0.2, -0.15) is 0 Å². The smallest absolute Gasteiger partial charge is 0.338 e. The van der Waals surface area contributed by atoms with Crippen molar-refractivity contribution in [3.8, 4) is 0 Å². The zero-order chi connectivity index (χ0) is 18.1. The molecule has 0 aliphatic rings. The van der Waals surface area contributed by atoms with Gasteiger partial charge in [-0.3, -0.25) is 0 Å². The average molecular weight is 336 g/mol. The summed E-state index contributed by atoms with van der Waals surface area (Å²) in [5, 5.41) is 5.20. The maximum atomic E-state index is 12.0. The number of carbonyl (C=O) groups excluding carboxylic acids is 3. The number of benzene rings is 1. The van der Waals surface area contributed by atoms with Gasteiger partial charge in [0.25, 0.3) is 0 Å². The summed E-state index contributed by atoms with van der Waals surface area (Å²) in [6.45, 7) is 5.92. The molecule has 1 aromatic rings. The van der Waals surface area contributed by atoms with Crippen molar-refractivity contribution < 1.29 is 23.9 Å². The van der Waals surface area contributed by atoms with E-state index in [-0.39, 0.29) is 5.92 Å². The van der Waals surface area contributed by atoms with Crippen molar-refractivity contribution in [3.63, 3.8) is 0 Å².